The monoisotopic (exact) mass is 334 g/mol. The van der Waals surface area contributed by atoms with Crippen molar-refractivity contribution in [3.8, 4) is 0 Å². The Hall–Kier alpha value is -3.01. The maximum atomic E-state index is 12.7. The molecule has 2 N–H and O–H groups in total. The minimum Gasteiger partial charge on any atom is -0.480 e. The number of carbonyl (C=O) groups excluding carboxylic acids is 1. The molecule has 1 aromatic carbocycles. The second-order valence-corrected chi connectivity index (χ2v) is 5.46. The maximum Gasteiger partial charge on any atom is 0.326 e. The van der Waals surface area contributed by atoms with Gasteiger partial charge in [0.1, 0.15) is 6.04 Å². The van der Waals surface area contributed by atoms with Crippen LogP contribution in [-0.2, 0) is 9.53 Å². The van der Waals surface area contributed by atoms with E-state index in [1.807, 2.05) is 0 Å². The van der Waals surface area contributed by atoms with Crippen LogP contribution in [0.15, 0.2) is 18.2 Å². The number of likely N-dealkylation sites (tertiary alicyclic amines) is 1. The number of nitro benzene ring substituents is 1. The zero-order valence-corrected chi connectivity index (χ0v) is 12.6. The van der Waals surface area contributed by atoms with Crippen LogP contribution < -0.4 is 0 Å². The van der Waals surface area contributed by atoms with E-state index in [1.165, 1.54) is 30.2 Å². The lowest BCUT2D eigenvalue weighted by molar-refractivity contribution is -0.384. The number of carbonyl (C=O) groups is 2. The topological polar surface area (TPSA) is 139 Å². The Bertz CT molecular complexity index is 832. The van der Waals surface area contributed by atoms with E-state index in [9.17, 15) is 24.8 Å². The minimum absolute atomic E-state index is 0.0447. The number of methoxy groups -OCH3 is 1. The van der Waals surface area contributed by atoms with Crippen LogP contribution in [0.5, 0.6) is 0 Å². The number of hydrogen-bond acceptors (Lipinski definition) is 6. The molecule has 24 heavy (non-hydrogen) atoms. The molecule has 2 aromatic rings. The van der Waals surface area contributed by atoms with Crippen LogP contribution in [0.1, 0.15) is 16.9 Å². The van der Waals surface area contributed by atoms with Gasteiger partial charge in [-0.2, -0.15) is 5.10 Å². The molecule has 1 aliphatic heterocycles. The number of hydrogen-bond donors (Lipinski definition) is 2. The Labute approximate surface area is 135 Å². The molecule has 1 amide bonds. The Morgan fingerprint density at radius 1 is 1.50 bits per heavy atom. The van der Waals surface area contributed by atoms with Gasteiger partial charge in [0.2, 0.25) is 0 Å². The summed E-state index contributed by atoms with van der Waals surface area (Å²) < 4.78 is 5.15. The van der Waals surface area contributed by atoms with Gasteiger partial charge in [0, 0.05) is 37.6 Å². The van der Waals surface area contributed by atoms with Crippen molar-refractivity contribution in [3.63, 3.8) is 0 Å². The summed E-state index contributed by atoms with van der Waals surface area (Å²) >= 11 is 0. The number of rotatable bonds is 4. The van der Waals surface area contributed by atoms with Crippen LogP contribution in [0.25, 0.3) is 10.9 Å². The van der Waals surface area contributed by atoms with Gasteiger partial charge in [-0.05, 0) is 6.07 Å². The van der Waals surface area contributed by atoms with Crippen LogP contribution in [0, 0.1) is 10.1 Å². The van der Waals surface area contributed by atoms with E-state index in [0.29, 0.717) is 5.52 Å². The van der Waals surface area contributed by atoms with Gasteiger partial charge in [0.05, 0.1) is 16.5 Å². The summed E-state index contributed by atoms with van der Waals surface area (Å²) in [5.74, 6) is -1.73. The molecule has 3 rings (SSSR count). The first-order valence-corrected chi connectivity index (χ1v) is 7.11. The largest absolute Gasteiger partial charge is 0.480 e. The summed E-state index contributed by atoms with van der Waals surface area (Å²) in [7, 11) is 1.45. The Morgan fingerprint density at radius 2 is 2.25 bits per heavy atom. The normalized spacial score (nSPS) is 20.5. The highest BCUT2D eigenvalue weighted by Gasteiger charge is 2.41. The lowest BCUT2D eigenvalue weighted by atomic mass is 10.1. The lowest BCUT2D eigenvalue weighted by Gasteiger charge is -2.20. The van der Waals surface area contributed by atoms with E-state index in [1.54, 1.807) is 0 Å². The quantitative estimate of drug-likeness (QED) is 0.622. The summed E-state index contributed by atoms with van der Waals surface area (Å²) in [4.78, 5) is 35.6. The second-order valence-electron chi connectivity index (χ2n) is 5.46. The number of nitrogens with one attached hydrogen (secondary N) is 1. The van der Waals surface area contributed by atoms with Crippen molar-refractivity contribution >= 4 is 28.5 Å². The van der Waals surface area contributed by atoms with E-state index in [0.717, 1.165) is 0 Å². The lowest BCUT2D eigenvalue weighted by Crippen LogP contribution is -2.40. The Kier molecular flexibility index (Phi) is 3.89. The number of H-pyrrole nitrogens is 1. The third-order valence-electron chi connectivity index (χ3n) is 4.10. The highest BCUT2D eigenvalue weighted by atomic mass is 16.6. The molecule has 0 spiro atoms. The predicted molar refractivity (Wildman–Crippen MR) is 80.6 cm³/mol. The molecule has 10 nitrogen and oxygen atoms in total. The van der Waals surface area contributed by atoms with Crippen LogP contribution in [0.4, 0.5) is 5.69 Å². The molecule has 1 aliphatic rings. The van der Waals surface area contributed by atoms with Gasteiger partial charge in [-0.1, -0.05) is 0 Å². The predicted octanol–water partition coefficient (Wildman–Crippen LogP) is 0.785. The number of aliphatic carboxylic acids is 1. The van der Waals surface area contributed by atoms with Gasteiger partial charge in [-0.15, -0.1) is 0 Å². The van der Waals surface area contributed by atoms with Gasteiger partial charge in [0.25, 0.3) is 11.6 Å². The number of benzene rings is 1. The summed E-state index contributed by atoms with van der Waals surface area (Å²) in [6, 6.07) is 2.97. The first kappa shape index (κ1) is 15.9. The summed E-state index contributed by atoms with van der Waals surface area (Å²) in [6.45, 7) is 0.121. The number of ether oxygens (including phenoxy) is 1. The summed E-state index contributed by atoms with van der Waals surface area (Å²) in [5.41, 5.74) is 0.235. The standard InChI is InChI=1S/C14H14N4O6/c1-24-8-5-11(14(20)21)17(6-8)13(19)12-9-4-7(18(22)23)2-3-10(9)15-16-12/h2-4,8,11H,5-6H2,1H3,(H,15,16)(H,20,21). The Morgan fingerprint density at radius 3 is 2.88 bits per heavy atom. The molecule has 2 atom stereocenters. The number of carboxylic acid groups (broad SMARTS) is 1. The molecule has 10 heteroatoms. The number of carboxylic acids is 1. The van der Waals surface area contributed by atoms with Crippen molar-refractivity contribution in [2.45, 2.75) is 18.6 Å². The molecule has 1 aromatic heterocycles. The second kappa shape index (κ2) is 5.89. The average Bonchev–Trinajstić information content (AvgIpc) is 3.17. The van der Waals surface area contributed by atoms with Gasteiger partial charge in [0.15, 0.2) is 5.69 Å². The molecule has 0 bridgehead atoms. The first-order chi connectivity index (χ1) is 11.4. The van der Waals surface area contributed by atoms with E-state index in [2.05, 4.69) is 10.2 Å². The van der Waals surface area contributed by atoms with Crippen LogP contribution in [0.3, 0.4) is 0 Å². The molecule has 0 aliphatic carbocycles. The third kappa shape index (κ3) is 2.56. The number of nitrogens with zero attached hydrogens (tertiary/aromatic N) is 3. The number of aromatic amines is 1. The summed E-state index contributed by atoms with van der Waals surface area (Å²) in [5, 5.41) is 27.0. The van der Waals surface area contributed by atoms with Crippen molar-refractivity contribution in [2.24, 2.45) is 0 Å². The van der Waals surface area contributed by atoms with Crippen molar-refractivity contribution in [3.05, 3.63) is 34.0 Å². The van der Waals surface area contributed by atoms with Gasteiger partial charge in [-0.25, -0.2) is 4.79 Å². The zero-order chi connectivity index (χ0) is 17.4. The van der Waals surface area contributed by atoms with E-state index in [4.69, 9.17) is 4.74 Å². The smallest absolute Gasteiger partial charge is 0.326 e. The SMILES string of the molecule is COC1CC(C(=O)O)N(C(=O)c2n[nH]c3ccc([N+](=O)[O-])cc23)C1. The van der Waals surface area contributed by atoms with Crippen LogP contribution >= 0.6 is 0 Å². The molecular weight excluding hydrogens is 320 g/mol. The number of nitro groups is 1. The first-order valence-electron chi connectivity index (χ1n) is 7.11. The number of non-ortho nitro benzene ring substituents is 1. The molecule has 2 heterocycles. The fourth-order valence-corrected chi connectivity index (χ4v) is 2.84. The summed E-state index contributed by atoms with van der Waals surface area (Å²) in [6.07, 6.45) is -0.199. The molecule has 1 saturated heterocycles. The van der Waals surface area contributed by atoms with Crippen molar-refractivity contribution < 1.29 is 24.4 Å². The van der Waals surface area contributed by atoms with E-state index >= 15 is 0 Å². The fraction of sp³-hybridized carbons (Fsp3) is 0.357. The van der Waals surface area contributed by atoms with Crippen molar-refractivity contribution in [1.29, 1.82) is 0 Å². The maximum absolute atomic E-state index is 12.7. The fourth-order valence-electron chi connectivity index (χ4n) is 2.84. The number of amides is 1. The minimum atomic E-state index is -1.13. The van der Waals surface area contributed by atoms with Gasteiger partial charge < -0.3 is 14.7 Å². The van der Waals surface area contributed by atoms with Crippen LogP contribution in [0.2, 0.25) is 0 Å². The van der Waals surface area contributed by atoms with Crippen molar-refractivity contribution in [2.75, 3.05) is 13.7 Å². The van der Waals surface area contributed by atoms with Gasteiger partial charge >= 0.3 is 5.97 Å². The van der Waals surface area contributed by atoms with Gasteiger partial charge in [-0.3, -0.25) is 20.0 Å². The molecule has 126 valence electrons. The molecule has 1 fully saturated rings. The zero-order valence-electron chi connectivity index (χ0n) is 12.6. The number of aromatic nitrogens is 2. The van der Waals surface area contributed by atoms with Crippen molar-refractivity contribution in [1.82, 2.24) is 15.1 Å². The molecule has 0 radical (unpaired) electrons. The van der Waals surface area contributed by atoms with Crippen LogP contribution in [-0.4, -0.2) is 62.8 Å². The average molecular weight is 334 g/mol. The van der Waals surface area contributed by atoms with E-state index in [-0.39, 0.29) is 35.8 Å². The molecular formula is C14H14N4O6. The molecule has 0 saturated carbocycles. The Balaban J connectivity index is 2.00. The third-order valence-corrected chi connectivity index (χ3v) is 4.10. The highest BCUT2D eigenvalue weighted by molar-refractivity contribution is 6.06. The highest BCUT2D eigenvalue weighted by Crippen LogP contribution is 2.27. The number of fused-ring (bicyclic) bond motifs is 1. The molecule has 2 unspecified atom stereocenters. The van der Waals surface area contributed by atoms with E-state index < -0.39 is 22.8 Å².